The molecule has 0 saturated carbocycles. The van der Waals surface area contributed by atoms with Crippen LogP contribution in [0, 0.1) is 13.8 Å². The predicted molar refractivity (Wildman–Crippen MR) is 108 cm³/mol. The van der Waals surface area contributed by atoms with Gasteiger partial charge in [0.05, 0.1) is 5.69 Å². The molecule has 0 saturated heterocycles. The van der Waals surface area contributed by atoms with E-state index in [1.165, 1.54) is 11.3 Å². The predicted octanol–water partition coefficient (Wildman–Crippen LogP) is 4.73. The van der Waals surface area contributed by atoms with Gasteiger partial charge in [0.15, 0.2) is 5.13 Å². The molecular formula is C21H17N3O2S. The zero-order valence-electron chi connectivity index (χ0n) is 14.9. The molecule has 2 N–H and O–H groups in total. The van der Waals surface area contributed by atoms with E-state index in [2.05, 4.69) is 15.3 Å². The Kier molecular flexibility index (Phi) is 4.33. The maximum atomic E-state index is 12.3. The number of rotatable bonds is 4. The number of anilines is 1. The number of thiazole rings is 1. The summed E-state index contributed by atoms with van der Waals surface area (Å²) in [5.41, 5.74) is 5.22. The number of carbonyl (C=O) groups excluding carboxylic acids is 2. The molecule has 0 fully saturated rings. The number of hydrogen-bond donors (Lipinski definition) is 2. The van der Waals surface area contributed by atoms with Crippen LogP contribution in [0.3, 0.4) is 0 Å². The zero-order valence-corrected chi connectivity index (χ0v) is 15.7. The summed E-state index contributed by atoms with van der Waals surface area (Å²) < 4.78 is 0. The van der Waals surface area contributed by atoms with Crippen molar-refractivity contribution in [2.45, 2.75) is 13.8 Å². The van der Waals surface area contributed by atoms with E-state index in [1.54, 1.807) is 12.1 Å². The Morgan fingerprint density at radius 2 is 1.78 bits per heavy atom. The van der Waals surface area contributed by atoms with Crippen LogP contribution in [0.25, 0.3) is 22.2 Å². The van der Waals surface area contributed by atoms with E-state index in [0.29, 0.717) is 10.7 Å². The molecule has 0 aliphatic rings. The van der Waals surface area contributed by atoms with Crippen LogP contribution in [0.5, 0.6) is 0 Å². The molecule has 0 bridgehead atoms. The Bertz CT molecular complexity index is 1160. The van der Waals surface area contributed by atoms with E-state index in [9.17, 15) is 9.59 Å². The number of nitrogens with zero attached hydrogens (tertiary/aromatic N) is 1. The molecule has 5 nitrogen and oxygen atoms in total. The van der Waals surface area contributed by atoms with Crippen molar-refractivity contribution in [3.63, 3.8) is 0 Å². The molecule has 2 heterocycles. The number of ketones is 1. The van der Waals surface area contributed by atoms with E-state index in [0.717, 1.165) is 33.4 Å². The lowest BCUT2D eigenvalue weighted by molar-refractivity contribution is -0.112. The second-order valence-electron chi connectivity index (χ2n) is 6.36. The number of hydrogen-bond acceptors (Lipinski definition) is 4. The number of H-pyrrole nitrogens is 1. The van der Waals surface area contributed by atoms with Crippen LogP contribution in [0.2, 0.25) is 0 Å². The molecule has 1 amide bonds. The van der Waals surface area contributed by atoms with E-state index in [-0.39, 0.29) is 0 Å². The third-order valence-corrected chi connectivity index (χ3v) is 5.15. The van der Waals surface area contributed by atoms with Gasteiger partial charge in [-0.15, -0.1) is 11.3 Å². The summed E-state index contributed by atoms with van der Waals surface area (Å²) >= 11 is 1.30. The van der Waals surface area contributed by atoms with Gasteiger partial charge in [-0.1, -0.05) is 48.0 Å². The molecule has 4 aromatic rings. The average Bonchev–Trinajstić information content (AvgIpc) is 3.24. The number of aromatic amines is 1. The van der Waals surface area contributed by atoms with E-state index >= 15 is 0 Å². The van der Waals surface area contributed by atoms with Crippen molar-refractivity contribution >= 4 is 39.1 Å². The number of aromatic nitrogens is 2. The molecular weight excluding hydrogens is 358 g/mol. The van der Waals surface area contributed by atoms with Gasteiger partial charge in [-0.2, -0.15) is 0 Å². The first kappa shape index (κ1) is 17.2. The minimum Gasteiger partial charge on any atom is -0.358 e. The summed E-state index contributed by atoms with van der Waals surface area (Å²) in [5.74, 6) is -1.26. The van der Waals surface area contributed by atoms with Gasteiger partial charge in [0.2, 0.25) is 0 Å². The maximum absolute atomic E-state index is 12.3. The van der Waals surface area contributed by atoms with E-state index in [4.69, 9.17) is 0 Å². The first-order valence-corrected chi connectivity index (χ1v) is 9.36. The van der Waals surface area contributed by atoms with Gasteiger partial charge in [0, 0.05) is 33.1 Å². The van der Waals surface area contributed by atoms with Crippen molar-refractivity contribution in [3.8, 4) is 11.3 Å². The normalized spacial score (nSPS) is 10.9. The molecule has 134 valence electrons. The van der Waals surface area contributed by atoms with Gasteiger partial charge in [0.1, 0.15) is 0 Å². The maximum Gasteiger partial charge on any atom is 0.298 e. The quantitative estimate of drug-likeness (QED) is 0.400. The Morgan fingerprint density at radius 3 is 2.56 bits per heavy atom. The molecule has 6 heteroatoms. The Morgan fingerprint density at radius 1 is 1.04 bits per heavy atom. The SMILES string of the molecule is Cc1ccc(C(=O)C(=O)Nc2nc(-c3c(C)[nH]c4ccccc34)cs2)cc1. The fourth-order valence-corrected chi connectivity index (χ4v) is 3.74. The fourth-order valence-electron chi connectivity index (χ4n) is 3.04. The van der Waals surface area contributed by atoms with Crippen LogP contribution in [-0.2, 0) is 4.79 Å². The van der Waals surface area contributed by atoms with Crippen LogP contribution in [0.15, 0.2) is 53.9 Å². The van der Waals surface area contributed by atoms with Gasteiger partial charge >= 0.3 is 0 Å². The third kappa shape index (κ3) is 3.27. The number of para-hydroxylation sites is 1. The summed E-state index contributed by atoms with van der Waals surface area (Å²) in [4.78, 5) is 32.4. The molecule has 2 aromatic heterocycles. The van der Waals surface area contributed by atoms with E-state index < -0.39 is 11.7 Å². The highest BCUT2D eigenvalue weighted by molar-refractivity contribution is 7.14. The number of amides is 1. The molecule has 0 atom stereocenters. The van der Waals surface area contributed by atoms with Gasteiger partial charge in [-0.05, 0) is 19.9 Å². The largest absolute Gasteiger partial charge is 0.358 e. The Hall–Kier alpha value is -3.25. The second kappa shape index (κ2) is 6.81. The summed E-state index contributed by atoms with van der Waals surface area (Å²) in [6, 6.07) is 14.9. The van der Waals surface area contributed by atoms with Crippen molar-refractivity contribution in [3.05, 3.63) is 70.7 Å². The van der Waals surface area contributed by atoms with Crippen molar-refractivity contribution in [1.29, 1.82) is 0 Å². The molecule has 0 unspecified atom stereocenters. The highest BCUT2D eigenvalue weighted by Crippen LogP contribution is 2.33. The summed E-state index contributed by atoms with van der Waals surface area (Å²) in [6.07, 6.45) is 0. The molecule has 0 spiro atoms. The molecule has 2 aromatic carbocycles. The van der Waals surface area contributed by atoms with E-state index in [1.807, 2.05) is 55.6 Å². The first-order valence-electron chi connectivity index (χ1n) is 8.48. The summed E-state index contributed by atoms with van der Waals surface area (Å²) in [6.45, 7) is 3.92. The zero-order chi connectivity index (χ0) is 19.0. The summed E-state index contributed by atoms with van der Waals surface area (Å²) in [5, 5.41) is 5.98. The van der Waals surface area contributed by atoms with Crippen molar-refractivity contribution in [2.75, 3.05) is 5.32 Å². The van der Waals surface area contributed by atoms with Gasteiger partial charge in [-0.3, -0.25) is 14.9 Å². The third-order valence-electron chi connectivity index (χ3n) is 4.39. The number of aryl methyl sites for hydroxylation is 2. The van der Waals surface area contributed by atoms with Gasteiger partial charge in [0.25, 0.3) is 11.7 Å². The fraction of sp³-hybridized carbons (Fsp3) is 0.0952. The van der Waals surface area contributed by atoms with Crippen LogP contribution in [-0.4, -0.2) is 21.7 Å². The lowest BCUT2D eigenvalue weighted by Gasteiger charge is -2.02. The molecule has 0 aliphatic heterocycles. The van der Waals surface area contributed by atoms with Gasteiger partial charge < -0.3 is 4.98 Å². The van der Waals surface area contributed by atoms with Gasteiger partial charge in [-0.25, -0.2) is 4.98 Å². The Labute approximate surface area is 160 Å². The average molecular weight is 375 g/mol. The highest BCUT2D eigenvalue weighted by Gasteiger charge is 2.19. The lowest BCUT2D eigenvalue weighted by atomic mass is 10.1. The van der Waals surface area contributed by atoms with Crippen LogP contribution < -0.4 is 5.32 Å². The minimum atomic E-state index is -0.685. The minimum absolute atomic E-state index is 0.363. The molecule has 0 radical (unpaired) electrons. The van der Waals surface area contributed by atoms with Crippen LogP contribution >= 0.6 is 11.3 Å². The van der Waals surface area contributed by atoms with Crippen LogP contribution in [0.1, 0.15) is 21.6 Å². The smallest absolute Gasteiger partial charge is 0.298 e. The second-order valence-corrected chi connectivity index (χ2v) is 7.22. The lowest BCUT2D eigenvalue weighted by Crippen LogP contribution is -2.22. The first-order chi connectivity index (χ1) is 13.0. The van der Waals surface area contributed by atoms with Crippen LogP contribution in [0.4, 0.5) is 5.13 Å². The standard InChI is InChI=1S/C21H17N3O2S/c1-12-7-9-14(10-8-12)19(25)20(26)24-21-23-17(11-27-21)18-13(2)22-16-6-4-3-5-15(16)18/h3-11,22H,1-2H3,(H,23,24,26). The molecule has 4 rings (SSSR count). The number of fused-ring (bicyclic) bond motifs is 1. The number of benzene rings is 2. The Balaban J connectivity index is 1.57. The monoisotopic (exact) mass is 375 g/mol. The topological polar surface area (TPSA) is 74.8 Å². The number of carbonyl (C=O) groups is 2. The summed E-state index contributed by atoms with van der Waals surface area (Å²) in [7, 11) is 0. The highest BCUT2D eigenvalue weighted by atomic mass is 32.1. The molecule has 0 aliphatic carbocycles. The number of nitrogens with one attached hydrogen (secondary N) is 2. The van der Waals surface area contributed by atoms with Crippen molar-refractivity contribution in [1.82, 2.24) is 9.97 Å². The number of Topliss-reactive ketones (excluding diaryl/α,β-unsaturated/α-hetero) is 1. The van der Waals surface area contributed by atoms with Crippen molar-refractivity contribution in [2.24, 2.45) is 0 Å². The van der Waals surface area contributed by atoms with Crippen molar-refractivity contribution < 1.29 is 9.59 Å². The molecule has 27 heavy (non-hydrogen) atoms.